The van der Waals surface area contributed by atoms with Gasteiger partial charge < -0.3 is 0 Å². The number of aromatic nitrogens is 4. The molecule has 1 aliphatic carbocycles. The Hall–Kier alpha value is -9.37. The molecule has 1 aliphatic heterocycles. The number of para-hydroxylation sites is 5. The summed E-state index contributed by atoms with van der Waals surface area (Å²) in [5, 5.41) is -0.275. The van der Waals surface area contributed by atoms with E-state index in [1.54, 1.807) is 24.3 Å². The molecule has 2 aliphatic rings. The molecular weight excluding hydrogens is 987 g/mol. The van der Waals surface area contributed by atoms with E-state index in [9.17, 15) is 38.4 Å². The quantitative estimate of drug-likeness (QED) is 0.135. The summed E-state index contributed by atoms with van der Waals surface area (Å²) >= 11 is -7.83. The van der Waals surface area contributed by atoms with Gasteiger partial charge >= 0.3 is 476 Å². The monoisotopic (exact) mass is 1070 g/mol. The second-order valence-electron chi connectivity index (χ2n) is 16.9. The zero-order valence-electron chi connectivity index (χ0n) is 76.3. The predicted octanol–water partition coefficient (Wildman–Crippen LogP) is 14.0. The van der Waals surface area contributed by atoms with E-state index in [0.717, 1.165) is 0 Å². The number of fused-ring (bicyclic) bond motifs is 9. The molecule has 0 bridgehead atoms. The maximum atomic E-state index is 11.0. The summed E-state index contributed by atoms with van der Waals surface area (Å²) in [6, 6.07) is -34.9. The van der Waals surface area contributed by atoms with Gasteiger partial charge in [-0.1, -0.05) is 12.1 Å². The van der Waals surface area contributed by atoms with Crippen molar-refractivity contribution in [3.05, 3.63) is 278 Å². The molecule has 0 fully saturated rings. The molecule has 0 radical (unpaired) electrons. The first kappa shape index (κ1) is 20.4. The number of hydrogen-bond acceptors (Lipinski definition) is 5. The van der Waals surface area contributed by atoms with E-state index in [1.165, 1.54) is 18.2 Å². The van der Waals surface area contributed by atoms with E-state index in [1.807, 2.05) is 0 Å². The SMILES string of the molecule is [2H]C1=C([2H])C2c3c([2H])c([2H])c([2H])c([2H])c3N(c3nc(-c4c([2H])c([2H])c([2H])[c]([Ge]([c]5c([2H])c([2H])c([2H])c([2H])c5[2H])([c]5c([2H])c([2H])c([2H])c([2H])c5[2H])[c]5c([2H])c([2H])c([2H])c(-c6ccc7c(c6)oc6ccccc67)c5[2H])c4[2H])nc(-c4c([2H])c([2H])c([2H])c([2H])c4-n4c5c([2H])c([2H])c([2H])c([2H])c5c5c([2H])c([2H])c([2H])c([2H])c54)n3)C2C([2H])=C1[2H]. The van der Waals surface area contributed by atoms with Gasteiger partial charge in [0.25, 0.3) is 0 Å². The van der Waals surface area contributed by atoms with Crippen LogP contribution in [0.1, 0.15) is 63.6 Å². The number of rotatable bonds is 9. The third kappa shape index (κ3) is 6.98. The third-order valence-electron chi connectivity index (χ3n) is 13.0. The van der Waals surface area contributed by atoms with Crippen LogP contribution in [0.5, 0.6) is 0 Å². The van der Waals surface area contributed by atoms with Crippen molar-refractivity contribution in [1.29, 1.82) is 0 Å². The number of furan rings is 1. The van der Waals surface area contributed by atoms with Crippen LogP contribution in [-0.4, -0.2) is 38.8 Å². The van der Waals surface area contributed by atoms with Gasteiger partial charge in [-0.3, -0.25) is 0 Å². The van der Waals surface area contributed by atoms with E-state index >= 15 is 0 Å². The van der Waals surface area contributed by atoms with Gasteiger partial charge in [-0.15, -0.1) is 0 Å². The molecule has 0 amide bonds. The maximum absolute atomic E-state index is 11.0. The number of hydrogen-bond donors (Lipinski definition) is 0. The molecule has 0 saturated carbocycles. The van der Waals surface area contributed by atoms with E-state index in [-0.39, 0.29) is 11.1 Å². The molecule has 4 heterocycles. The van der Waals surface area contributed by atoms with E-state index in [4.69, 9.17) is 18.1 Å². The van der Waals surface area contributed by atoms with Crippen molar-refractivity contribution in [1.82, 2.24) is 19.5 Å². The van der Waals surface area contributed by atoms with Crippen LogP contribution in [-0.2, 0) is 0 Å². The molecule has 10 aromatic carbocycles. The zero-order chi connectivity index (χ0) is 83.2. The molecule has 7 heteroatoms. The standard InChI is InChI=1S/C69H47GeN5O/c1-3-23-49(24-4-1)70(50-25-5-2-6-26-50,51-27-19-21-46(43-51)47-41-42-58-57-33-12-18-40-65(57)76-66(58)45-47)52-28-20-22-48(44-52)67-71-68(73-69(72-67)75-62-37-15-9-31-55(62)56-32-10-16-38-63(56)75)59-34-11-17-39-64(59)74-60-35-13-7-29-53(60)54-30-8-14-36-61(54)74/h1-45,55,62H/i1D,2D,3D,4D,5D,6D,7D,8D,9D,10D,11D,13D,14D,15D,16D,17D,19D,20D,21D,22D,23D,24D,25D,26D,27D,28D,29D,30D,31D,32D,34D,35D,36D,37D,38D,39D,43D,44D. The Bertz CT molecular complexity index is 6570. The van der Waals surface area contributed by atoms with Gasteiger partial charge in [-0.25, -0.2) is 0 Å². The fourth-order valence-corrected chi connectivity index (χ4v) is 17.3. The molecule has 13 aromatic rings. The molecule has 76 heavy (non-hydrogen) atoms. The summed E-state index contributed by atoms with van der Waals surface area (Å²) in [5.74, 6) is -5.58. The Labute approximate surface area is 496 Å². The third-order valence-corrected chi connectivity index (χ3v) is 21.4. The molecule has 0 N–H and O–H groups in total. The first-order chi connectivity index (χ1) is 53.5. The van der Waals surface area contributed by atoms with Crippen molar-refractivity contribution >= 4 is 86.2 Å². The van der Waals surface area contributed by atoms with Crippen molar-refractivity contribution < 1.29 is 56.5 Å². The minimum absolute atomic E-state index is 0.0886. The predicted molar refractivity (Wildman–Crippen MR) is 315 cm³/mol. The second kappa shape index (κ2) is 17.9. The van der Waals surface area contributed by atoms with Crippen molar-refractivity contribution in [3.63, 3.8) is 0 Å². The molecule has 2 unspecified atom stereocenters. The van der Waals surface area contributed by atoms with Gasteiger partial charge in [0, 0.05) is 0 Å². The summed E-state index contributed by atoms with van der Waals surface area (Å²) in [5.41, 5.74) is -6.74. The van der Waals surface area contributed by atoms with Crippen molar-refractivity contribution in [2.24, 2.45) is 0 Å². The van der Waals surface area contributed by atoms with E-state index < -0.39 is 345 Å². The molecule has 358 valence electrons. The van der Waals surface area contributed by atoms with Crippen LogP contribution in [0.15, 0.2) is 277 Å². The van der Waals surface area contributed by atoms with Crippen LogP contribution >= 0.6 is 0 Å². The number of benzene rings is 10. The average Bonchev–Trinajstić information content (AvgIpc) is 1.03. The first-order valence-corrected chi connectivity index (χ1v) is 27.1. The van der Waals surface area contributed by atoms with Crippen LogP contribution in [0.4, 0.5) is 11.6 Å². The Morgan fingerprint density at radius 1 is 0.447 bits per heavy atom. The van der Waals surface area contributed by atoms with Gasteiger partial charge in [0.2, 0.25) is 0 Å². The Balaban J connectivity index is 1.19. The topological polar surface area (TPSA) is 60.0 Å². The molecule has 15 rings (SSSR count). The average molecular weight is 1070 g/mol. The van der Waals surface area contributed by atoms with Gasteiger partial charge in [0.15, 0.2) is 0 Å². The first-order valence-electron chi connectivity index (χ1n) is 41.9. The summed E-state index contributed by atoms with van der Waals surface area (Å²) in [7, 11) is 0. The fraction of sp³-hybridized carbons (Fsp3) is 0.0290. The Morgan fingerprint density at radius 2 is 1.04 bits per heavy atom. The Morgan fingerprint density at radius 3 is 1.80 bits per heavy atom. The van der Waals surface area contributed by atoms with Crippen LogP contribution in [0, 0.1) is 0 Å². The van der Waals surface area contributed by atoms with Crippen LogP contribution in [0.2, 0.25) is 0 Å². The molecular formula is C69H47GeN5O. The van der Waals surface area contributed by atoms with Gasteiger partial charge in [0.05, 0.1) is 8.22 Å². The number of allylic oxidation sites excluding steroid dienone is 2. The van der Waals surface area contributed by atoms with Gasteiger partial charge in [-0.05, 0) is 0 Å². The van der Waals surface area contributed by atoms with Crippen LogP contribution in [0.25, 0.3) is 83.3 Å². The molecule has 3 aromatic heterocycles. The summed E-state index contributed by atoms with van der Waals surface area (Å²) in [4.78, 5) is 14.8. The number of anilines is 2. The molecule has 0 saturated heterocycles. The number of nitrogens with zero attached hydrogens (tertiary/aromatic N) is 5. The summed E-state index contributed by atoms with van der Waals surface area (Å²) in [6.45, 7) is 0. The fourth-order valence-electron chi connectivity index (χ4n) is 9.72. The van der Waals surface area contributed by atoms with Gasteiger partial charge in [0.1, 0.15) is 0 Å². The van der Waals surface area contributed by atoms with Crippen molar-refractivity contribution in [2.75, 3.05) is 4.90 Å². The summed E-state index contributed by atoms with van der Waals surface area (Å²) in [6.07, 6.45) is 0. The van der Waals surface area contributed by atoms with Crippen molar-refractivity contribution in [3.8, 4) is 39.6 Å². The Kier molecular flexibility index (Phi) is 4.81. The van der Waals surface area contributed by atoms with Crippen LogP contribution in [0.3, 0.4) is 0 Å². The summed E-state index contributed by atoms with van der Waals surface area (Å²) < 4.78 is 364. The second-order valence-corrected chi connectivity index (χ2v) is 24.3. The normalized spacial score (nSPS) is 22.5. The molecule has 2 atom stereocenters. The van der Waals surface area contributed by atoms with E-state index in [0.29, 0.717) is 25.8 Å². The molecule has 0 spiro atoms. The van der Waals surface area contributed by atoms with Crippen molar-refractivity contribution in [2.45, 2.75) is 12.0 Å². The zero-order valence-corrected chi connectivity index (χ0v) is 40.4. The minimum atomic E-state index is -7.83. The van der Waals surface area contributed by atoms with Crippen LogP contribution < -0.4 is 22.5 Å². The van der Waals surface area contributed by atoms with E-state index in [2.05, 4.69) is 15.0 Å². The molecule has 6 nitrogen and oxygen atoms in total. The van der Waals surface area contributed by atoms with Gasteiger partial charge in [-0.2, -0.15) is 0 Å².